The lowest BCUT2D eigenvalue weighted by atomic mass is 9.94. The average Bonchev–Trinajstić information content (AvgIpc) is 2.89. The summed E-state index contributed by atoms with van der Waals surface area (Å²) in [5.74, 6) is -1.09. The number of nitrogens with zero attached hydrogens (tertiary/aromatic N) is 2. The van der Waals surface area contributed by atoms with Crippen molar-refractivity contribution in [2.75, 3.05) is 26.1 Å². The summed E-state index contributed by atoms with van der Waals surface area (Å²) in [6, 6.07) is 9.87. The largest absolute Gasteiger partial charge is 0.493 e. The Morgan fingerprint density at radius 1 is 1.13 bits per heavy atom. The molecule has 2 amide bonds. The number of amides is 2. The van der Waals surface area contributed by atoms with Gasteiger partial charge in [0.1, 0.15) is 5.82 Å². The van der Waals surface area contributed by atoms with E-state index in [9.17, 15) is 18.8 Å². The molecule has 2 heterocycles. The van der Waals surface area contributed by atoms with Gasteiger partial charge in [-0.1, -0.05) is 12.1 Å². The third kappa shape index (κ3) is 5.42. The first-order valence-corrected chi connectivity index (χ1v) is 12.5. The smallest absolute Gasteiger partial charge is 0.337 e. The lowest BCUT2D eigenvalue weighted by Crippen LogP contribution is -2.50. The van der Waals surface area contributed by atoms with Gasteiger partial charge >= 0.3 is 5.97 Å². The fraction of sp³-hybridized carbons (Fsp3) is 0.259. The van der Waals surface area contributed by atoms with E-state index >= 15 is 0 Å². The van der Waals surface area contributed by atoms with Gasteiger partial charge in [-0.25, -0.2) is 14.2 Å². The van der Waals surface area contributed by atoms with Crippen LogP contribution in [-0.4, -0.2) is 54.7 Å². The van der Waals surface area contributed by atoms with E-state index in [0.717, 1.165) is 11.8 Å². The Morgan fingerprint density at radius 3 is 2.53 bits per heavy atom. The maximum atomic E-state index is 13.4. The molecular weight excluding hydrogens is 513 g/mol. The number of amidine groups is 1. The number of halogens is 1. The molecule has 0 radical (unpaired) electrons. The Morgan fingerprint density at radius 2 is 1.87 bits per heavy atom. The van der Waals surface area contributed by atoms with Gasteiger partial charge < -0.3 is 19.5 Å². The second kappa shape index (κ2) is 11.5. The molecule has 11 heteroatoms. The molecular formula is C27H26FN3O6S. The first kappa shape index (κ1) is 26.9. The second-order valence-electron chi connectivity index (χ2n) is 8.27. The van der Waals surface area contributed by atoms with Crippen molar-refractivity contribution in [2.24, 2.45) is 4.99 Å². The third-order valence-electron chi connectivity index (χ3n) is 5.92. The fourth-order valence-electron chi connectivity index (χ4n) is 4.24. The van der Waals surface area contributed by atoms with E-state index in [-0.39, 0.29) is 28.7 Å². The van der Waals surface area contributed by atoms with Crippen LogP contribution < -0.4 is 14.8 Å². The van der Waals surface area contributed by atoms with Crippen molar-refractivity contribution in [1.82, 2.24) is 4.90 Å². The van der Waals surface area contributed by atoms with Gasteiger partial charge in [0.05, 0.1) is 43.0 Å². The van der Waals surface area contributed by atoms with Gasteiger partial charge in [-0.3, -0.25) is 14.5 Å². The molecule has 0 saturated carbocycles. The Bertz CT molecular complexity index is 1370. The Balaban J connectivity index is 1.71. The van der Waals surface area contributed by atoms with E-state index in [1.807, 2.05) is 6.07 Å². The van der Waals surface area contributed by atoms with Gasteiger partial charge in [-0.2, -0.15) is 0 Å². The topological polar surface area (TPSA) is 107 Å². The molecule has 9 nitrogen and oxygen atoms in total. The number of carbonyl (C=O) groups excluding carboxylic acids is 3. The molecule has 1 unspecified atom stereocenters. The van der Waals surface area contributed by atoms with Gasteiger partial charge in [0, 0.05) is 23.7 Å². The molecule has 0 aliphatic carbocycles. The van der Waals surface area contributed by atoms with Crippen molar-refractivity contribution < 1.29 is 33.0 Å². The van der Waals surface area contributed by atoms with Gasteiger partial charge in [0.15, 0.2) is 16.7 Å². The number of allylic oxidation sites excluding steroid dienone is 1. The number of hydrogen-bond acceptors (Lipinski definition) is 8. The fourth-order valence-corrected chi connectivity index (χ4v) is 5.24. The molecule has 0 spiro atoms. The minimum Gasteiger partial charge on any atom is -0.493 e. The van der Waals surface area contributed by atoms with Crippen LogP contribution in [0, 0.1) is 5.82 Å². The molecule has 38 heavy (non-hydrogen) atoms. The molecule has 4 rings (SSSR count). The highest BCUT2D eigenvalue weighted by Crippen LogP contribution is 2.39. The number of carbonyl (C=O) groups is 3. The summed E-state index contributed by atoms with van der Waals surface area (Å²) in [4.78, 5) is 45.4. The first-order chi connectivity index (χ1) is 18.3. The summed E-state index contributed by atoms with van der Waals surface area (Å²) in [6.07, 6.45) is 1.39. The zero-order chi connectivity index (χ0) is 27.4. The molecule has 2 aromatic rings. The lowest BCUT2D eigenvalue weighted by Gasteiger charge is -2.38. The van der Waals surface area contributed by atoms with Crippen LogP contribution in [0.4, 0.5) is 10.1 Å². The number of benzene rings is 2. The number of esters is 1. The van der Waals surface area contributed by atoms with Crippen LogP contribution in [0.5, 0.6) is 11.5 Å². The van der Waals surface area contributed by atoms with Gasteiger partial charge in [-0.15, -0.1) is 0 Å². The van der Waals surface area contributed by atoms with Crippen LogP contribution in [0.3, 0.4) is 0 Å². The summed E-state index contributed by atoms with van der Waals surface area (Å²) in [5, 5.41) is 2.90. The minimum atomic E-state index is -0.777. The van der Waals surface area contributed by atoms with Gasteiger partial charge in [0.2, 0.25) is 0 Å². The van der Waals surface area contributed by atoms with E-state index in [4.69, 9.17) is 14.2 Å². The first-order valence-electron chi connectivity index (χ1n) is 11.7. The number of fused-ring (bicyclic) bond motifs is 1. The van der Waals surface area contributed by atoms with Crippen LogP contribution in [0.25, 0.3) is 0 Å². The van der Waals surface area contributed by atoms with Crippen LogP contribution in [-0.2, 0) is 25.5 Å². The number of anilines is 1. The van der Waals surface area contributed by atoms with Crippen LogP contribution in [0.15, 0.2) is 69.7 Å². The number of aliphatic imine (C=N–C) groups is 1. The third-order valence-corrected chi connectivity index (χ3v) is 6.91. The van der Waals surface area contributed by atoms with Crippen molar-refractivity contribution >= 4 is 40.4 Å². The highest BCUT2D eigenvalue weighted by molar-refractivity contribution is 8.18. The maximum Gasteiger partial charge on any atom is 0.337 e. The molecule has 0 bridgehead atoms. The number of rotatable bonds is 8. The van der Waals surface area contributed by atoms with Crippen molar-refractivity contribution in [1.29, 1.82) is 0 Å². The van der Waals surface area contributed by atoms with Crippen molar-refractivity contribution in [3.8, 4) is 11.5 Å². The monoisotopic (exact) mass is 539 g/mol. The molecule has 1 N–H and O–H groups in total. The van der Waals surface area contributed by atoms with E-state index in [2.05, 4.69) is 10.3 Å². The van der Waals surface area contributed by atoms with Crippen molar-refractivity contribution in [3.05, 3.63) is 76.1 Å². The molecule has 198 valence electrons. The zero-order valence-corrected chi connectivity index (χ0v) is 22.1. The van der Waals surface area contributed by atoms with Crippen molar-refractivity contribution in [2.45, 2.75) is 26.3 Å². The summed E-state index contributed by atoms with van der Waals surface area (Å²) >= 11 is 1.00. The molecule has 0 saturated heterocycles. The molecule has 0 fully saturated rings. The normalized spacial score (nSPS) is 16.8. The Kier molecular flexibility index (Phi) is 8.16. The van der Waals surface area contributed by atoms with E-state index < -0.39 is 29.6 Å². The predicted octanol–water partition coefficient (Wildman–Crippen LogP) is 4.06. The molecule has 1 atom stereocenters. The summed E-state index contributed by atoms with van der Waals surface area (Å²) < 4.78 is 29.5. The number of para-hydroxylation sites is 1. The highest BCUT2D eigenvalue weighted by Gasteiger charge is 2.42. The summed E-state index contributed by atoms with van der Waals surface area (Å²) in [5.41, 5.74) is 1.69. The van der Waals surface area contributed by atoms with Crippen LogP contribution in [0.1, 0.15) is 19.4 Å². The standard InChI is InChI=1S/C27H26FN3O6S/c1-5-37-26(34)23-15(2)29-27-31(19(23)13-16-7-6-8-20(35-3)24(16)36-4)22(32)14-21(38-27)25(33)30-18-11-9-17(28)10-12-18/h6-12,14,19H,5,13H2,1-4H3,(H,30,33). The summed E-state index contributed by atoms with van der Waals surface area (Å²) in [6.45, 7) is 3.51. The second-order valence-corrected chi connectivity index (χ2v) is 9.28. The molecule has 2 aliphatic heterocycles. The van der Waals surface area contributed by atoms with E-state index in [0.29, 0.717) is 28.4 Å². The molecule has 2 aromatic carbocycles. The number of hydrogen-bond donors (Lipinski definition) is 1. The number of nitrogens with one attached hydrogen (secondary N) is 1. The molecule has 0 aromatic heterocycles. The zero-order valence-electron chi connectivity index (χ0n) is 21.2. The molecule has 2 aliphatic rings. The Hall–Kier alpha value is -4.12. The van der Waals surface area contributed by atoms with Crippen LogP contribution in [0.2, 0.25) is 0 Å². The number of thioether (sulfide) groups is 1. The van der Waals surface area contributed by atoms with E-state index in [1.54, 1.807) is 26.0 Å². The Labute approximate surface area is 223 Å². The highest BCUT2D eigenvalue weighted by atomic mass is 32.2. The van der Waals surface area contributed by atoms with E-state index in [1.165, 1.54) is 49.5 Å². The SMILES string of the molecule is CCOC(=O)C1=C(C)N=C2SC(C(=O)Nc3ccc(F)cc3)=CC(=O)N2C1Cc1cccc(OC)c1OC. The predicted molar refractivity (Wildman–Crippen MR) is 141 cm³/mol. The maximum absolute atomic E-state index is 13.4. The average molecular weight is 540 g/mol. The lowest BCUT2D eigenvalue weighted by molar-refractivity contribution is -0.139. The van der Waals surface area contributed by atoms with Crippen molar-refractivity contribution in [3.63, 3.8) is 0 Å². The summed E-state index contributed by atoms with van der Waals surface area (Å²) in [7, 11) is 3.04. The van der Waals surface area contributed by atoms with Crippen LogP contribution >= 0.6 is 11.8 Å². The van der Waals surface area contributed by atoms with Gasteiger partial charge in [0.25, 0.3) is 11.8 Å². The van der Waals surface area contributed by atoms with Gasteiger partial charge in [-0.05, 0) is 55.9 Å². The number of methoxy groups -OCH3 is 2. The quantitative estimate of drug-likeness (QED) is 0.505. The number of ether oxygens (including phenoxy) is 3. The minimum absolute atomic E-state index is 0.111.